The van der Waals surface area contributed by atoms with Gasteiger partial charge in [-0.05, 0) is 19.3 Å². The van der Waals surface area contributed by atoms with Crippen molar-refractivity contribution in [2.24, 2.45) is 0 Å². The first kappa shape index (κ1) is 5.24. The van der Waals surface area contributed by atoms with Gasteiger partial charge in [0.25, 0.3) is 0 Å². The topological polar surface area (TPSA) is 12.0 Å². The molecule has 0 aromatic rings. The van der Waals surface area contributed by atoms with Crippen LogP contribution in [-0.2, 0) is 0 Å². The van der Waals surface area contributed by atoms with Gasteiger partial charge in [-0.25, -0.2) is 0 Å². The van der Waals surface area contributed by atoms with Gasteiger partial charge in [0.15, 0.2) is 0 Å². The lowest BCUT2D eigenvalue weighted by molar-refractivity contribution is 0.594. The van der Waals surface area contributed by atoms with Crippen molar-refractivity contribution in [1.82, 2.24) is 5.32 Å². The van der Waals surface area contributed by atoms with Crippen molar-refractivity contribution in [2.45, 2.75) is 36.2 Å². The second-order valence-corrected chi connectivity index (χ2v) is 3.98. The third-order valence-corrected chi connectivity index (χ3v) is 3.23. The maximum atomic E-state index is 3.63. The quantitative estimate of drug-likeness (QED) is 0.548. The van der Waals surface area contributed by atoms with E-state index < -0.39 is 0 Å². The Labute approximate surface area is 58.0 Å². The van der Waals surface area contributed by atoms with Crippen LogP contribution < -0.4 is 5.32 Å². The number of nitrogens with one attached hydrogen (secondary N) is 1. The Morgan fingerprint density at radius 3 is 2.50 bits per heavy atom. The van der Waals surface area contributed by atoms with E-state index in [-0.39, 0.29) is 0 Å². The maximum absolute atomic E-state index is 3.63. The van der Waals surface area contributed by atoms with Gasteiger partial charge < -0.3 is 5.32 Å². The van der Waals surface area contributed by atoms with Gasteiger partial charge in [-0.15, -0.1) is 0 Å². The molecule has 2 saturated heterocycles. The normalized spacial score (nSPS) is 52.9. The molecule has 2 aliphatic rings. The molecule has 0 spiro atoms. The molecule has 46 valence electrons. The number of halogens is 1. The highest BCUT2D eigenvalue weighted by atomic mass is 79.9. The van der Waals surface area contributed by atoms with Gasteiger partial charge in [0, 0.05) is 16.9 Å². The third-order valence-electron chi connectivity index (χ3n) is 2.22. The molecular weight excluding hydrogens is 166 g/mol. The van der Waals surface area contributed by atoms with Crippen LogP contribution in [0.1, 0.15) is 19.3 Å². The molecule has 2 fully saturated rings. The predicted octanol–water partition coefficient (Wildman–Crippen LogP) is 1.27. The van der Waals surface area contributed by atoms with Crippen molar-refractivity contribution < 1.29 is 0 Å². The number of hydrogen-bond acceptors (Lipinski definition) is 1. The molecule has 0 radical (unpaired) electrons. The Morgan fingerprint density at radius 2 is 2.25 bits per heavy atom. The molecule has 0 aromatic carbocycles. The number of fused-ring (bicyclic) bond motifs is 2. The second-order valence-electron chi connectivity index (χ2n) is 2.80. The van der Waals surface area contributed by atoms with E-state index in [1.54, 1.807) is 0 Å². The monoisotopic (exact) mass is 175 g/mol. The summed E-state index contributed by atoms with van der Waals surface area (Å²) in [6.45, 7) is 0. The molecule has 2 heterocycles. The summed E-state index contributed by atoms with van der Waals surface area (Å²) in [6.07, 6.45) is 4.15. The van der Waals surface area contributed by atoms with E-state index >= 15 is 0 Å². The summed E-state index contributed by atoms with van der Waals surface area (Å²) >= 11 is 3.63. The summed E-state index contributed by atoms with van der Waals surface area (Å²) in [7, 11) is 0. The van der Waals surface area contributed by atoms with Crippen LogP contribution in [0.25, 0.3) is 0 Å². The minimum atomic E-state index is 0.779. The van der Waals surface area contributed by atoms with Crippen LogP contribution in [0.5, 0.6) is 0 Å². The van der Waals surface area contributed by atoms with Crippen LogP contribution >= 0.6 is 15.9 Å². The molecular formula is C6H10BrN. The number of hydrogen-bond donors (Lipinski definition) is 1. The molecule has 0 saturated carbocycles. The van der Waals surface area contributed by atoms with Crippen molar-refractivity contribution in [3.63, 3.8) is 0 Å². The van der Waals surface area contributed by atoms with Crippen LogP contribution in [-0.4, -0.2) is 16.9 Å². The Bertz CT molecular complexity index is 103. The Morgan fingerprint density at radius 1 is 1.38 bits per heavy atom. The summed E-state index contributed by atoms with van der Waals surface area (Å²) in [5.41, 5.74) is 0. The fraction of sp³-hybridized carbons (Fsp3) is 1.00. The largest absolute Gasteiger partial charge is 0.310 e. The zero-order valence-electron chi connectivity index (χ0n) is 4.73. The third kappa shape index (κ3) is 0.627. The summed E-state index contributed by atoms with van der Waals surface area (Å²) in [5.74, 6) is 0. The highest BCUT2D eigenvalue weighted by Gasteiger charge is 2.37. The van der Waals surface area contributed by atoms with E-state index in [2.05, 4.69) is 21.2 Å². The standard InChI is InChI=1S/C6H10BrN/c7-5-3-4-1-2-6(5)8-4/h4-6,8H,1-3H2/t4-,5-,6+/m1/s1. The minimum absolute atomic E-state index is 0.779. The van der Waals surface area contributed by atoms with E-state index in [1.165, 1.54) is 19.3 Å². The first-order chi connectivity index (χ1) is 3.86. The zero-order valence-corrected chi connectivity index (χ0v) is 6.32. The van der Waals surface area contributed by atoms with Crippen LogP contribution in [0.3, 0.4) is 0 Å². The van der Waals surface area contributed by atoms with Crippen LogP contribution in [0.2, 0.25) is 0 Å². The fourth-order valence-corrected chi connectivity index (χ4v) is 2.63. The predicted molar refractivity (Wildman–Crippen MR) is 37.3 cm³/mol. The summed E-state index contributed by atoms with van der Waals surface area (Å²) < 4.78 is 0. The molecule has 0 aliphatic carbocycles. The average molecular weight is 176 g/mol. The first-order valence-electron chi connectivity index (χ1n) is 3.26. The molecule has 1 nitrogen and oxygen atoms in total. The Kier molecular flexibility index (Phi) is 1.12. The molecule has 0 unspecified atom stereocenters. The molecule has 2 bridgehead atoms. The average Bonchev–Trinajstić information content (AvgIpc) is 2.23. The van der Waals surface area contributed by atoms with Gasteiger partial charge in [0.2, 0.25) is 0 Å². The van der Waals surface area contributed by atoms with Crippen molar-refractivity contribution >= 4 is 15.9 Å². The lowest BCUT2D eigenvalue weighted by atomic mass is 10.0. The molecule has 0 aromatic heterocycles. The van der Waals surface area contributed by atoms with Gasteiger partial charge in [-0.3, -0.25) is 0 Å². The molecule has 2 heteroatoms. The highest BCUT2D eigenvalue weighted by Crippen LogP contribution is 2.32. The van der Waals surface area contributed by atoms with Gasteiger partial charge in [0.1, 0.15) is 0 Å². The van der Waals surface area contributed by atoms with E-state index in [9.17, 15) is 0 Å². The SMILES string of the molecule is Br[C@@H]1C[C@H]2CC[C@@H]1N2. The molecule has 0 amide bonds. The highest BCUT2D eigenvalue weighted by molar-refractivity contribution is 9.09. The van der Waals surface area contributed by atoms with Crippen molar-refractivity contribution in [2.75, 3.05) is 0 Å². The van der Waals surface area contributed by atoms with Gasteiger partial charge in [-0.2, -0.15) is 0 Å². The van der Waals surface area contributed by atoms with Crippen LogP contribution in [0.15, 0.2) is 0 Å². The maximum Gasteiger partial charge on any atom is 0.0314 e. The molecule has 2 rings (SSSR count). The Balaban J connectivity index is 2.11. The lowest BCUT2D eigenvalue weighted by Crippen LogP contribution is -2.22. The molecule has 3 atom stereocenters. The molecule has 1 N–H and O–H groups in total. The lowest BCUT2D eigenvalue weighted by Gasteiger charge is -2.11. The minimum Gasteiger partial charge on any atom is -0.310 e. The zero-order chi connectivity index (χ0) is 5.56. The Hall–Kier alpha value is 0.440. The first-order valence-corrected chi connectivity index (χ1v) is 4.18. The summed E-state index contributed by atoms with van der Waals surface area (Å²) in [5, 5.41) is 3.53. The number of alkyl halides is 1. The van der Waals surface area contributed by atoms with Crippen molar-refractivity contribution in [3.8, 4) is 0 Å². The van der Waals surface area contributed by atoms with E-state index in [4.69, 9.17) is 0 Å². The van der Waals surface area contributed by atoms with Crippen LogP contribution in [0, 0.1) is 0 Å². The smallest absolute Gasteiger partial charge is 0.0314 e. The molecule has 8 heavy (non-hydrogen) atoms. The van der Waals surface area contributed by atoms with Crippen LogP contribution in [0.4, 0.5) is 0 Å². The fourth-order valence-electron chi connectivity index (χ4n) is 1.76. The van der Waals surface area contributed by atoms with Crippen molar-refractivity contribution in [1.29, 1.82) is 0 Å². The van der Waals surface area contributed by atoms with Crippen molar-refractivity contribution in [3.05, 3.63) is 0 Å². The summed E-state index contributed by atoms with van der Waals surface area (Å²) in [4.78, 5) is 0.779. The van der Waals surface area contributed by atoms with E-state index in [1.807, 2.05) is 0 Å². The van der Waals surface area contributed by atoms with Gasteiger partial charge in [0.05, 0.1) is 0 Å². The van der Waals surface area contributed by atoms with Gasteiger partial charge >= 0.3 is 0 Å². The number of rotatable bonds is 0. The molecule has 2 aliphatic heterocycles. The summed E-state index contributed by atoms with van der Waals surface area (Å²) in [6, 6.07) is 1.66. The van der Waals surface area contributed by atoms with E-state index in [0.717, 1.165) is 16.9 Å². The van der Waals surface area contributed by atoms with E-state index in [0.29, 0.717) is 0 Å². The van der Waals surface area contributed by atoms with Gasteiger partial charge in [-0.1, -0.05) is 15.9 Å². The second kappa shape index (κ2) is 1.71.